The fourth-order valence-corrected chi connectivity index (χ4v) is 4.73. The van der Waals surface area contributed by atoms with E-state index in [0.717, 1.165) is 31.6 Å². The fraction of sp³-hybridized carbons (Fsp3) is 0.588. The van der Waals surface area contributed by atoms with Crippen molar-refractivity contribution in [3.63, 3.8) is 0 Å². The summed E-state index contributed by atoms with van der Waals surface area (Å²) >= 11 is 0. The molecule has 1 aromatic heterocycles. The quantitative estimate of drug-likeness (QED) is 0.812. The summed E-state index contributed by atoms with van der Waals surface area (Å²) in [4.78, 5) is 3.42. The molecule has 0 aromatic carbocycles. The van der Waals surface area contributed by atoms with E-state index in [-0.39, 0.29) is 0 Å². The molecule has 2 aliphatic rings. The van der Waals surface area contributed by atoms with Crippen molar-refractivity contribution in [2.45, 2.75) is 49.8 Å². The second kappa shape index (κ2) is 7.45. The average molecular weight is 336 g/mol. The van der Waals surface area contributed by atoms with Gasteiger partial charge in [0.1, 0.15) is 11.1 Å². The van der Waals surface area contributed by atoms with E-state index in [9.17, 15) is 8.42 Å². The molecule has 0 amide bonds. The average Bonchev–Trinajstić information content (AvgIpc) is 3.12. The van der Waals surface area contributed by atoms with Crippen molar-refractivity contribution in [3.05, 3.63) is 30.0 Å². The molecule has 1 fully saturated rings. The van der Waals surface area contributed by atoms with Crippen molar-refractivity contribution in [2.24, 2.45) is 0 Å². The number of aromatic amines is 1. The Morgan fingerprint density at radius 3 is 2.61 bits per heavy atom. The standard InChI is InChI=1S/C17H25N3O2S/c21-23(22,20-12-4-5-13-20)16-8-9-17(19-14-16)18-11-10-15-6-2-1-3-7-15/h6,8-9,14H,1-5,7,10-13H2,(H,18,19)/p+1. The minimum atomic E-state index is -3.33. The molecule has 0 unspecified atom stereocenters. The number of rotatable bonds is 6. The molecule has 1 saturated heterocycles. The molecule has 1 aliphatic heterocycles. The van der Waals surface area contributed by atoms with Crippen molar-refractivity contribution in [3.8, 4) is 0 Å². The lowest BCUT2D eigenvalue weighted by Gasteiger charge is -2.14. The van der Waals surface area contributed by atoms with Crippen LogP contribution in [-0.2, 0) is 10.0 Å². The zero-order valence-electron chi connectivity index (χ0n) is 13.6. The highest BCUT2D eigenvalue weighted by molar-refractivity contribution is 7.89. The Balaban J connectivity index is 1.55. The molecule has 6 heteroatoms. The number of H-pyrrole nitrogens is 1. The van der Waals surface area contributed by atoms with Gasteiger partial charge in [0.25, 0.3) is 5.82 Å². The Hall–Kier alpha value is -1.40. The van der Waals surface area contributed by atoms with E-state index in [1.165, 1.54) is 31.3 Å². The van der Waals surface area contributed by atoms with E-state index in [1.807, 2.05) is 6.07 Å². The lowest BCUT2D eigenvalue weighted by molar-refractivity contribution is -0.364. The van der Waals surface area contributed by atoms with E-state index in [0.29, 0.717) is 18.0 Å². The molecule has 1 aliphatic carbocycles. The topological polar surface area (TPSA) is 63.6 Å². The van der Waals surface area contributed by atoms with Crippen LogP contribution in [0.1, 0.15) is 44.9 Å². The Bertz CT molecular complexity index is 647. The zero-order valence-corrected chi connectivity index (χ0v) is 14.4. The number of nitrogens with one attached hydrogen (secondary N) is 2. The Morgan fingerprint density at radius 2 is 1.96 bits per heavy atom. The van der Waals surface area contributed by atoms with Gasteiger partial charge in [-0.15, -0.1) is 0 Å². The van der Waals surface area contributed by atoms with Crippen LogP contribution in [-0.4, -0.2) is 32.4 Å². The van der Waals surface area contributed by atoms with Crippen LogP contribution in [0.25, 0.3) is 0 Å². The van der Waals surface area contributed by atoms with E-state index in [2.05, 4.69) is 16.4 Å². The molecule has 0 bridgehead atoms. The van der Waals surface area contributed by atoms with Gasteiger partial charge in [-0.2, -0.15) is 4.31 Å². The zero-order chi connectivity index (χ0) is 16.1. The third-order valence-corrected chi connectivity index (χ3v) is 6.53. The number of anilines is 1. The van der Waals surface area contributed by atoms with Gasteiger partial charge in [-0.3, -0.25) is 5.32 Å². The third kappa shape index (κ3) is 4.12. The number of hydrogen-bond acceptors (Lipinski definition) is 3. The van der Waals surface area contributed by atoms with Crippen molar-refractivity contribution in [2.75, 3.05) is 25.0 Å². The van der Waals surface area contributed by atoms with Gasteiger partial charge in [-0.05, 0) is 44.6 Å². The highest BCUT2D eigenvalue weighted by Crippen LogP contribution is 2.21. The molecule has 2 heterocycles. The van der Waals surface area contributed by atoms with Gasteiger partial charge in [0.05, 0.1) is 6.54 Å². The minimum Gasteiger partial charge on any atom is -0.274 e. The van der Waals surface area contributed by atoms with Crippen molar-refractivity contribution >= 4 is 15.8 Å². The summed E-state index contributed by atoms with van der Waals surface area (Å²) in [6, 6.07) is 3.50. The fourth-order valence-electron chi connectivity index (χ4n) is 3.25. The van der Waals surface area contributed by atoms with Gasteiger partial charge in [0, 0.05) is 25.6 Å². The molecule has 0 radical (unpaired) electrons. The van der Waals surface area contributed by atoms with Crippen LogP contribution in [0.4, 0.5) is 5.82 Å². The largest absolute Gasteiger partial charge is 0.274 e. The maximum absolute atomic E-state index is 12.4. The van der Waals surface area contributed by atoms with E-state index < -0.39 is 10.0 Å². The minimum absolute atomic E-state index is 0.347. The summed E-state index contributed by atoms with van der Waals surface area (Å²) < 4.78 is 26.5. The molecular weight excluding hydrogens is 310 g/mol. The van der Waals surface area contributed by atoms with Gasteiger partial charge < -0.3 is 0 Å². The second-order valence-electron chi connectivity index (χ2n) is 6.33. The number of sulfonamides is 1. The number of aromatic nitrogens is 1. The summed E-state index contributed by atoms with van der Waals surface area (Å²) in [6.45, 7) is 2.15. The van der Waals surface area contributed by atoms with Crippen molar-refractivity contribution in [1.29, 1.82) is 0 Å². The Morgan fingerprint density at radius 1 is 1.13 bits per heavy atom. The maximum atomic E-state index is 12.4. The normalized spacial score (nSPS) is 19.6. The van der Waals surface area contributed by atoms with Crippen LogP contribution in [0, 0.1) is 0 Å². The van der Waals surface area contributed by atoms with Gasteiger partial charge in [-0.25, -0.2) is 13.4 Å². The van der Waals surface area contributed by atoms with Gasteiger partial charge in [-0.1, -0.05) is 11.6 Å². The van der Waals surface area contributed by atoms with Crippen LogP contribution in [0.3, 0.4) is 0 Å². The predicted molar refractivity (Wildman–Crippen MR) is 90.6 cm³/mol. The first kappa shape index (κ1) is 16.5. The Labute approximate surface area is 138 Å². The van der Waals surface area contributed by atoms with Crippen LogP contribution in [0.5, 0.6) is 0 Å². The highest BCUT2D eigenvalue weighted by Gasteiger charge is 2.27. The first-order valence-corrected chi connectivity index (χ1v) is 10.0. The molecule has 1 aromatic rings. The lowest BCUT2D eigenvalue weighted by atomic mass is 9.97. The van der Waals surface area contributed by atoms with E-state index in [1.54, 1.807) is 16.6 Å². The summed E-state index contributed by atoms with van der Waals surface area (Å²) in [6.07, 6.45) is 12.0. The molecular formula is C17H26N3O2S+. The lowest BCUT2D eigenvalue weighted by Crippen LogP contribution is -2.29. The van der Waals surface area contributed by atoms with Gasteiger partial charge in [0.15, 0.2) is 0 Å². The van der Waals surface area contributed by atoms with Gasteiger partial charge in [0.2, 0.25) is 10.0 Å². The number of allylic oxidation sites excluding steroid dienone is 1. The molecule has 23 heavy (non-hydrogen) atoms. The predicted octanol–water partition coefficient (Wildman–Crippen LogP) is 2.59. The summed E-state index contributed by atoms with van der Waals surface area (Å²) in [5.41, 5.74) is 1.54. The summed E-state index contributed by atoms with van der Waals surface area (Å²) in [7, 11) is -3.33. The van der Waals surface area contributed by atoms with Gasteiger partial charge >= 0.3 is 0 Å². The smallest absolute Gasteiger partial charge is 0.272 e. The molecule has 5 nitrogen and oxygen atoms in total. The van der Waals surface area contributed by atoms with Crippen LogP contribution in [0.15, 0.2) is 34.9 Å². The number of pyridine rings is 1. The highest BCUT2D eigenvalue weighted by atomic mass is 32.2. The first-order chi connectivity index (χ1) is 11.2. The first-order valence-electron chi connectivity index (χ1n) is 8.60. The summed E-state index contributed by atoms with van der Waals surface area (Å²) in [5, 5.41) is 3.34. The van der Waals surface area contributed by atoms with Crippen LogP contribution in [0.2, 0.25) is 0 Å². The summed E-state index contributed by atoms with van der Waals surface area (Å²) in [5.74, 6) is 0.863. The molecule has 0 atom stereocenters. The number of hydrogen-bond donors (Lipinski definition) is 1. The Kier molecular flexibility index (Phi) is 5.33. The molecule has 3 rings (SSSR count). The van der Waals surface area contributed by atoms with E-state index >= 15 is 0 Å². The van der Waals surface area contributed by atoms with Crippen LogP contribution < -0.4 is 10.3 Å². The number of nitrogens with zero attached hydrogens (tertiary/aromatic N) is 1. The maximum Gasteiger partial charge on any atom is 0.272 e. The molecule has 0 saturated carbocycles. The van der Waals surface area contributed by atoms with Crippen molar-refractivity contribution < 1.29 is 13.4 Å². The second-order valence-corrected chi connectivity index (χ2v) is 8.27. The van der Waals surface area contributed by atoms with Crippen LogP contribution >= 0.6 is 0 Å². The van der Waals surface area contributed by atoms with Crippen molar-refractivity contribution in [1.82, 2.24) is 4.31 Å². The third-order valence-electron chi connectivity index (χ3n) is 4.63. The monoisotopic (exact) mass is 336 g/mol. The molecule has 0 spiro atoms. The molecule has 126 valence electrons. The molecule has 2 N–H and O–H groups in total. The SMILES string of the molecule is O=S(=O)(c1ccc(NCCC2=CCCCC2)[nH+]c1)N1CCCC1. The van der Waals surface area contributed by atoms with E-state index in [4.69, 9.17) is 0 Å².